The van der Waals surface area contributed by atoms with Crippen LogP contribution < -0.4 is 5.56 Å². The third kappa shape index (κ3) is 3.47. The minimum Gasteiger partial charge on any atom is -0.268 e. The number of nitrogens with zero attached hydrogens (tertiary/aromatic N) is 2. The second kappa shape index (κ2) is 7.62. The second-order valence-electron chi connectivity index (χ2n) is 5.74. The Morgan fingerprint density at radius 3 is 2.67 bits per heavy atom. The first kappa shape index (κ1) is 17.4. The zero-order valence-electron chi connectivity index (χ0n) is 13.4. The van der Waals surface area contributed by atoms with Crippen LogP contribution in [0.1, 0.15) is 32.0 Å². The van der Waals surface area contributed by atoms with Gasteiger partial charge in [0, 0.05) is 15.4 Å². The number of aromatic nitrogens is 2. The molecule has 0 saturated heterocycles. The van der Waals surface area contributed by atoms with Crippen LogP contribution in [0.25, 0.3) is 16.6 Å². The number of benzene rings is 2. The fraction of sp³-hybridized carbons (Fsp3) is 0.263. The molecule has 0 fully saturated rings. The fourth-order valence-electron chi connectivity index (χ4n) is 2.79. The Morgan fingerprint density at radius 2 is 1.88 bits per heavy atom. The van der Waals surface area contributed by atoms with Crippen molar-refractivity contribution in [3.63, 3.8) is 0 Å². The number of halogens is 2. The molecule has 0 saturated carbocycles. The molecule has 0 aliphatic carbocycles. The Morgan fingerprint density at radius 1 is 1.08 bits per heavy atom. The molecule has 0 spiro atoms. The Kier molecular flexibility index (Phi) is 5.51. The number of aryl methyl sites for hydroxylation is 1. The van der Waals surface area contributed by atoms with E-state index in [9.17, 15) is 4.79 Å². The van der Waals surface area contributed by atoms with Gasteiger partial charge in [-0.15, -0.1) is 0 Å². The lowest BCUT2D eigenvalue weighted by atomic mass is 10.1. The third-order valence-electron chi connectivity index (χ3n) is 4.00. The molecule has 0 radical (unpaired) electrons. The molecule has 0 aliphatic heterocycles. The molecule has 0 amide bonds. The van der Waals surface area contributed by atoms with Crippen molar-refractivity contribution >= 4 is 42.8 Å². The van der Waals surface area contributed by atoms with Crippen LogP contribution in [0.4, 0.5) is 0 Å². The number of fused-ring (bicyclic) bond motifs is 1. The Balaban J connectivity index is 2.26. The van der Waals surface area contributed by atoms with Crippen molar-refractivity contribution in [2.24, 2.45) is 0 Å². The topological polar surface area (TPSA) is 34.9 Å². The molecule has 5 heteroatoms. The van der Waals surface area contributed by atoms with Crippen LogP contribution >= 0.6 is 31.9 Å². The standard InChI is InChI=1S/C19H18Br2N2O/c1-2-3-4-9-18-22-16-8-6-5-7-14(16)19(24)23(18)17-12-13(20)10-11-15(17)21/h5-8,10-12H,2-4,9H2,1H3. The maximum atomic E-state index is 13.1. The summed E-state index contributed by atoms with van der Waals surface area (Å²) in [6, 6.07) is 13.4. The van der Waals surface area contributed by atoms with Gasteiger partial charge >= 0.3 is 0 Å². The van der Waals surface area contributed by atoms with E-state index in [-0.39, 0.29) is 5.56 Å². The van der Waals surface area contributed by atoms with Gasteiger partial charge in [0.05, 0.1) is 16.6 Å². The highest BCUT2D eigenvalue weighted by Crippen LogP contribution is 2.26. The molecule has 0 unspecified atom stereocenters. The van der Waals surface area contributed by atoms with Gasteiger partial charge in [0.2, 0.25) is 0 Å². The molecule has 3 nitrogen and oxygen atoms in total. The second-order valence-corrected chi connectivity index (χ2v) is 7.51. The maximum absolute atomic E-state index is 13.1. The monoisotopic (exact) mass is 448 g/mol. The summed E-state index contributed by atoms with van der Waals surface area (Å²) in [6.45, 7) is 2.17. The highest BCUT2D eigenvalue weighted by atomic mass is 79.9. The highest BCUT2D eigenvalue weighted by molar-refractivity contribution is 9.11. The van der Waals surface area contributed by atoms with Crippen molar-refractivity contribution < 1.29 is 0 Å². The summed E-state index contributed by atoms with van der Waals surface area (Å²) in [5.74, 6) is 0.811. The lowest BCUT2D eigenvalue weighted by Crippen LogP contribution is -2.24. The van der Waals surface area contributed by atoms with E-state index in [1.165, 1.54) is 0 Å². The van der Waals surface area contributed by atoms with Crippen molar-refractivity contribution in [3.8, 4) is 5.69 Å². The molecule has 1 aromatic heterocycles. The Bertz CT molecular complexity index is 934. The van der Waals surface area contributed by atoms with Gasteiger partial charge in [0.1, 0.15) is 5.82 Å². The predicted octanol–water partition coefficient (Wildman–Crippen LogP) is 5.64. The van der Waals surface area contributed by atoms with Crippen LogP contribution in [0.5, 0.6) is 0 Å². The van der Waals surface area contributed by atoms with Crippen molar-refractivity contribution in [3.05, 3.63) is 67.6 Å². The summed E-state index contributed by atoms with van der Waals surface area (Å²) in [6.07, 6.45) is 4.07. The Hall–Kier alpha value is -1.46. The average molecular weight is 450 g/mol. The van der Waals surface area contributed by atoms with E-state index in [1.807, 2.05) is 42.5 Å². The molecule has 0 atom stereocenters. The smallest absolute Gasteiger partial charge is 0.266 e. The van der Waals surface area contributed by atoms with Crippen LogP contribution in [0.15, 0.2) is 56.2 Å². The van der Waals surface area contributed by atoms with Crippen molar-refractivity contribution in [1.82, 2.24) is 9.55 Å². The first-order valence-corrected chi connectivity index (χ1v) is 9.66. The quantitative estimate of drug-likeness (QED) is 0.472. The zero-order valence-corrected chi connectivity index (χ0v) is 16.6. The van der Waals surface area contributed by atoms with E-state index >= 15 is 0 Å². The molecule has 0 aliphatic rings. The van der Waals surface area contributed by atoms with Crippen LogP contribution in [0, 0.1) is 0 Å². The number of hydrogen-bond acceptors (Lipinski definition) is 2. The fourth-order valence-corrected chi connectivity index (χ4v) is 3.56. The van der Waals surface area contributed by atoms with Crippen LogP contribution in [0.2, 0.25) is 0 Å². The first-order valence-electron chi connectivity index (χ1n) is 8.08. The first-order chi connectivity index (χ1) is 11.6. The van der Waals surface area contributed by atoms with Crippen LogP contribution in [0.3, 0.4) is 0 Å². The van der Waals surface area contributed by atoms with Gasteiger partial charge in [-0.3, -0.25) is 9.36 Å². The number of rotatable bonds is 5. The van der Waals surface area contributed by atoms with E-state index in [0.717, 1.165) is 51.7 Å². The van der Waals surface area contributed by atoms with Gasteiger partial charge in [-0.05, 0) is 52.7 Å². The minimum atomic E-state index is -0.0223. The third-order valence-corrected chi connectivity index (χ3v) is 5.16. The van der Waals surface area contributed by atoms with E-state index in [1.54, 1.807) is 4.57 Å². The van der Waals surface area contributed by atoms with Crippen molar-refractivity contribution in [2.45, 2.75) is 32.6 Å². The van der Waals surface area contributed by atoms with Gasteiger partial charge in [-0.1, -0.05) is 47.8 Å². The van der Waals surface area contributed by atoms with Crippen molar-refractivity contribution in [1.29, 1.82) is 0 Å². The molecule has 3 rings (SSSR count). The lowest BCUT2D eigenvalue weighted by Gasteiger charge is -2.15. The zero-order chi connectivity index (χ0) is 17.1. The summed E-state index contributed by atoms with van der Waals surface area (Å²) < 4.78 is 3.55. The summed E-state index contributed by atoms with van der Waals surface area (Å²) in [7, 11) is 0. The highest BCUT2D eigenvalue weighted by Gasteiger charge is 2.14. The molecule has 2 aromatic carbocycles. The summed E-state index contributed by atoms with van der Waals surface area (Å²) >= 11 is 7.07. The summed E-state index contributed by atoms with van der Waals surface area (Å²) in [5.41, 5.74) is 1.56. The SMILES string of the molecule is CCCCCc1nc2ccccc2c(=O)n1-c1cc(Br)ccc1Br. The summed E-state index contributed by atoms with van der Waals surface area (Å²) in [4.78, 5) is 17.9. The lowest BCUT2D eigenvalue weighted by molar-refractivity contribution is 0.675. The van der Waals surface area contributed by atoms with Gasteiger partial charge in [-0.25, -0.2) is 4.98 Å². The van der Waals surface area contributed by atoms with Gasteiger partial charge < -0.3 is 0 Å². The van der Waals surface area contributed by atoms with E-state index in [4.69, 9.17) is 4.98 Å². The number of hydrogen-bond donors (Lipinski definition) is 0. The van der Waals surface area contributed by atoms with E-state index < -0.39 is 0 Å². The largest absolute Gasteiger partial charge is 0.268 e. The molecular formula is C19H18Br2N2O. The van der Waals surface area contributed by atoms with Crippen molar-refractivity contribution in [2.75, 3.05) is 0 Å². The molecule has 1 heterocycles. The maximum Gasteiger partial charge on any atom is 0.266 e. The summed E-state index contributed by atoms with van der Waals surface area (Å²) in [5, 5.41) is 0.642. The van der Waals surface area contributed by atoms with E-state index in [0.29, 0.717) is 5.39 Å². The molecular weight excluding hydrogens is 432 g/mol. The predicted molar refractivity (Wildman–Crippen MR) is 106 cm³/mol. The van der Waals surface area contributed by atoms with Crippen LogP contribution in [-0.4, -0.2) is 9.55 Å². The normalized spacial score (nSPS) is 11.1. The van der Waals surface area contributed by atoms with Gasteiger partial charge in [0.15, 0.2) is 0 Å². The minimum absolute atomic E-state index is 0.0223. The van der Waals surface area contributed by atoms with Gasteiger partial charge in [-0.2, -0.15) is 0 Å². The Labute approximate surface area is 158 Å². The van der Waals surface area contributed by atoms with E-state index in [2.05, 4.69) is 38.8 Å². The number of para-hydroxylation sites is 1. The molecule has 0 N–H and O–H groups in total. The molecule has 3 aromatic rings. The molecule has 0 bridgehead atoms. The van der Waals surface area contributed by atoms with Crippen LogP contribution in [-0.2, 0) is 6.42 Å². The molecule has 124 valence electrons. The molecule has 24 heavy (non-hydrogen) atoms. The van der Waals surface area contributed by atoms with Gasteiger partial charge in [0.25, 0.3) is 5.56 Å². The average Bonchev–Trinajstić information content (AvgIpc) is 2.58. The number of unbranched alkanes of at least 4 members (excludes halogenated alkanes) is 2.